The molecule has 0 aromatic heterocycles. The minimum absolute atomic E-state index is 0.0120. The highest BCUT2D eigenvalue weighted by atomic mass is 35.5. The van der Waals surface area contributed by atoms with Gasteiger partial charge in [0.1, 0.15) is 0 Å². The third-order valence-corrected chi connectivity index (χ3v) is 5.57. The second-order valence-corrected chi connectivity index (χ2v) is 7.92. The number of para-hydroxylation sites is 1. The van der Waals surface area contributed by atoms with Gasteiger partial charge in [0.15, 0.2) is 0 Å². The van der Waals surface area contributed by atoms with Gasteiger partial charge < -0.3 is 11.1 Å². The van der Waals surface area contributed by atoms with Crippen LogP contribution in [-0.4, -0.2) is 16.9 Å². The molecule has 0 aliphatic heterocycles. The van der Waals surface area contributed by atoms with E-state index in [4.69, 9.17) is 17.3 Å². The molecule has 3 N–H and O–H groups in total. The SMILES string of the molecule is NC(=O)N(c1ccccc1)c1ccc(-c2ccc(NC(=O)c3cc([N+](=O)[O-])ccc3Cl)cc2)cc1. The molecule has 4 aromatic carbocycles. The van der Waals surface area contributed by atoms with Gasteiger partial charge in [0.25, 0.3) is 11.6 Å². The van der Waals surface area contributed by atoms with Crippen molar-refractivity contribution in [2.75, 3.05) is 10.2 Å². The number of nitro groups is 1. The normalized spacial score (nSPS) is 10.4. The lowest BCUT2D eigenvalue weighted by molar-refractivity contribution is -0.384. The molecule has 4 aromatic rings. The van der Waals surface area contributed by atoms with Gasteiger partial charge in [-0.25, -0.2) is 4.79 Å². The van der Waals surface area contributed by atoms with Crippen LogP contribution in [0.1, 0.15) is 10.4 Å². The van der Waals surface area contributed by atoms with E-state index in [0.29, 0.717) is 17.1 Å². The summed E-state index contributed by atoms with van der Waals surface area (Å²) in [6.07, 6.45) is 0. The zero-order chi connectivity index (χ0) is 24.9. The second-order valence-electron chi connectivity index (χ2n) is 7.51. The zero-order valence-electron chi connectivity index (χ0n) is 18.2. The number of amides is 3. The summed E-state index contributed by atoms with van der Waals surface area (Å²) < 4.78 is 0. The van der Waals surface area contributed by atoms with Crippen molar-refractivity contribution in [2.45, 2.75) is 0 Å². The number of nitrogens with zero attached hydrogens (tertiary/aromatic N) is 2. The fraction of sp³-hybridized carbons (Fsp3) is 0. The summed E-state index contributed by atoms with van der Waals surface area (Å²) in [6.45, 7) is 0. The number of carbonyl (C=O) groups excluding carboxylic acids is 2. The molecule has 9 heteroatoms. The molecular weight excluding hydrogens is 468 g/mol. The Morgan fingerprint density at radius 1 is 0.829 bits per heavy atom. The number of hydrogen-bond acceptors (Lipinski definition) is 4. The van der Waals surface area contributed by atoms with E-state index in [9.17, 15) is 19.7 Å². The Morgan fingerprint density at radius 3 is 1.97 bits per heavy atom. The lowest BCUT2D eigenvalue weighted by atomic mass is 10.0. The Labute approximate surface area is 205 Å². The second kappa shape index (κ2) is 10.1. The van der Waals surface area contributed by atoms with Crippen LogP contribution in [0.25, 0.3) is 11.1 Å². The highest BCUT2D eigenvalue weighted by Crippen LogP contribution is 2.29. The number of nitro benzene ring substituents is 1. The molecule has 174 valence electrons. The van der Waals surface area contributed by atoms with Crippen LogP contribution < -0.4 is 16.0 Å². The van der Waals surface area contributed by atoms with Gasteiger partial charge >= 0.3 is 6.03 Å². The van der Waals surface area contributed by atoms with Crippen LogP contribution in [0.5, 0.6) is 0 Å². The summed E-state index contributed by atoms with van der Waals surface area (Å²) >= 11 is 6.05. The van der Waals surface area contributed by atoms with Crippen molar-refractivity contribution in [3.8, 4) is 11.1 Å². The summed E-state index contributed by atoms with van der Waals surface area (Å²) in [5.41, 5.74) is 8.95. The largest absolute Gasteiger partial charge is 0.351 e. The number of non-ortho nitro benzene ring substituents is 1. The molecule has 0 aliphatic rings. The molecule has 0 atom stereocenters. The van der Waals surface area contributed by atoms with E-state index in [-0.39, 0.29) is 16.3 Å². The van der Waals surface area contributed by atoms with Gasteiger partial charge in [-0.15, -0.1) is 0 Å². The van der Waals surface area contributed by atoms with Crippen molar-refractivity contribution in [2.24, 2.45) is 5.73 Å². The fourth-order valence-electron chi connectivity index (χ4n) is 3.53. The van der Waals surface area contributed by atoms with Crippen molar-refractivity contribution in [3.05, 3.63) is 118 Å². The predicted molar refractivity (Wildman–Crippen MR) is 136 cm³/mol. The molecule has 0 aliphatic carbocycles. The molecule has 35 heavy (non-hydrogen) atoms. The zero-order valence-corrected chi connectivity index (χ0v) is 19.0. The van der Waals surface area contributed by atoms with Crippen LogP contribution in [0.15, 0.2) is 97.1 Å². The summed E-state index contributed by atoms with van der Waals surface area (Å²) in [6, 6.07) is 26.6. The molecular formula is C26H19ClN4O4. The fourth-order valence-corrected chi connectivity index (χ4v) is 3.73. The number of urea groups is 1. The number of rotatable bonds is 6. The standard InChI is InChI=1S/C26H19ClN4O4/c27-24-15-14-22(31(34)35)16-23(24)25(32)29-19-10-6-17(7-11-19)18-8-12-21(13-9-18)30(26(28)33)20-4-2-1-3-5-20/h1-16H,(H2,28,33)(H,29,32). The third kappa shape index (κ3) is 5.29. The summed E-state index contributed by atoms with van der Waals surface area (Å²) in [7, 11) is 0. The van der Waals surface area contributed by atoms with E-state index in [1.54, 1.807) is 36.4 Å². The van der Waals surface area contributed by atoms with E-state index in [2.05, 4.69) is 5.32 Å². The molecule has 0 saturated carbocycles. The first-order valence-corrected chi connectivity index (χ1v) is 10.8. The highest BCUT2D eigenvalue weighted by Gasteiger charge is 2.17. The van der Waals surface area contributed by atoms with Crippen molar-refractivity contribution in [1.82, 2.24) is 0 Å². The number of nitrogens with two attached hydrogens (primary N) is 1. The number of carbonyl (C=O) groups is 2. The molecule has 0 unspecified atom stereocenters. The Bertz CT molecular complexity index is 1390. The first kappa shape index (κ1) is 23.5. The van der Waals surface area contributed by atoms with E-state index in [0.717, 1.165) is 17.2 Å². The smallest absolute Gasteiger partial charge is 0.323 e. The molecule has 4 rings (SSSR count). The molecule has 8 nitrogen and oxygen atoms in total. The summed E-state index contributed by atoms with van der Waals surface area (Å²) in [4.78, 5) is 36.4. The van der Waals surface area contributed by atoms with Crippen molar-refractivity contribution >= 4 is 46.3 Å². The van der Waals surface area contributed by atoms with Crippen molar-refractivity contribution in [3.63, 3.8) is 0 Å². The first-order chi connectivity index (χ1) is 16.8. The monoisotopic (exact) mass is 486 g/mol. The van der Waals surface area contributed by atoms with Crippen LogP contribution in [0.4, 0.5) is 27.5 Å². The van der Waals surface area contributed by atoms with E-state index in [1.807, 2.05) is 42.5 Å². The Hall–Kier alpha value is -4.69. The lowest BCUT2D eigenvalue weighted by Gasteiger charge is -2.21. The van der Waals surface area contributed by atoms with E-state index in [1.165, 1.54) is 17.0 Å². The van der Waals surface area contributed by atoms with Crippen LogP contribution >= 0.6 is 11.6 Å². The van der Waals surface area contributed by atoms with Gasteiger partial charge in [-0.1, -0.05) is 54.1 Å². The first-order valence-electron chi connectivity index (χ1n) is 10.4. The number of benzene rings is 4. The van der Waals surface area contributed by atoms with Gasteiger partial charge in [-0.05, 0) is 53.6 Å². The Balaban J connectivity index is 1.50. The minimum Gasteiger partial charge on any atom is -0.351 e. The number of anilines is 3. The molecule has 0 fully saturated rings. The molecule has 0 bridgehead atoms. The topological polar surface area (TPSA) is 119 Å². The maximum Gasteiger partial charge on any atom is 0.323 e. The van der Waals surface area contributed by atoms with Crippen LogP contribution in [0, 0.1) is 10.1 Å². The predicted octanol–water partition coefficient (Wildman–Crippen LogP) is 6.38. The van der Waals surface area contributed by atoms with E-state index >= 15 is 0 Å². The minimum atomic E-state index is -0.590. The molecule has 3 amide bonds. The Morgan fingerprint density at radius 2 is 1.40 bits per heavy atom. The van der Waals surface area contributed by atoms with Crippen LogP contribution in [0.2, 0.25) is 5.02 Å². The van der Waals surface area contributed by atoms with Crippen LogP contribution in [0.3, 0.4) is 0 Å². The van der Waals surface area contributed by atoms with Gasteiger partial charge in [-0.2, -0.15) is 0 Å². The van der Waals surface area contributed by atoms with Gasteiger partial charge in [-0.3, -0.25) is 19.8 Å². The Kier molecular flexibility index (Phi) is 6.75. The maximum absolute atomic E-state index is 12.6. The molecule has 0 saturated heterocycles. The van der Waals surface area contributed by atoms with Crippen molar-refractivity contribution in [1.29, 1.82) is 0 Å². The average molecular weight is 487 g/mol. The lowest BCUT2D eigenvalue weighted by Crippen LogP contribution is -2.31. The summed E-state index contributed by atoms with van der Waals surface area (Å²) in [5.74, 6) is -0.553. The third-order valence-electron chi connectivity index (χ3n) is 5.24. The summed E-state index contributed by atoms with van der Waals surface area (Å²) in [5, 5.41) is 13.8. The quantitative estimate of drug-likeness (QED) is 0.242. The van der Waals surface area contributed by atoms with Gasteiger partial charge in [0.2, 0.25) is 0 Å². The van der Waals surface area contributed by atoms with Gasteiger partial charge in [0.05, 0.1) is 26.9 Å². The maximum atomic E-state index is 12.6. The number of primary amides is 1. The molecule has 0 spiro atoms. The van der Waals surface area contributed by atoms with Crippen LogP contribution in [-0.2, 0) is 0 Å². The van der Waals surface area contributed by atoms with E-state index < -0.39 is 16.9 Å². The molecule has 0 radical (unpaired) electrons. The number of hydrogen-bond donors (Lipinski definition) is 2. The highest BCUT2D eigenvalue weighted by molar-refractivity contribution is 6.34. The number of nitrogens with one attached hydrogen (secondary N) is 1. The van der Waals surface area contributed by atoms with Crippen molar-refractivity contribution < 1.29 is 14.5 Å². The average Bonchev–Trinajstić information content (AvgIpc) is 2.85. The van der Waals surface area contributed by atoms with Gasteiger partial charge in [0, 0.05) is 17.8 Å². The molecule has 0 heterocycles. The number of halogens is 1.